The second kappa shape index (κ2) is 6.14. The van der Waals surface area contributed by atoms with Crippen molar-refractivity contribution in [1.82, 2.24) is 15.0 Å². The zero-order valence-electron chi connectivity index (χ0n) is 17.1. The topological polar surface area (TPSA) is 45.2 Å². The predicted molar refractivity (Wildman–Crippen MR) is 117 cm³/mol. The van der Waals surface area contributed by atoms with Crippen LogP contribution in [0.3, 0.4) is 0 Å². The fraction of sp³-hybridized carbons (Fsp3) is 0.292. The lowest BCUT2D eigenvalue weighted by Crippen LogP contribution is -2.61. The number of anilines is 4. The highest BCUT2D eigenvalue weighted by atomic mass is 15.5. The van der Waals surface area contributed by atoms with Gasteiger partial charge in [0.15, 0.2) is 5.82 Å². The van der Waals surface area contributed by atoms with E-state index in [0.29, 0.717) is 0 Å². The van der Waals surface area contributed by atoms with E-state index in [1.807, 2.05) is 24.5 Å². The van der Waals surface area contributed by atoms with Crippen molar-refractivity contribution in [2.45, 2.75) is 38.8 Å². The van der Waals surface area contributed by atoms with Crippen molar-refractivity contribution in [2.75, 3.05) is 9.80 Å². The molecule has 0 bridgehead atoms. The van der Waals surface area contributed by atoms with Gasteiger partial charge in [0.05, 0.1) is 18.1 Å². The average molecular weight is 383 g/mol. The Hall–Kier alpha value is -3.21. The number of rotatable bonds is 3. The molecule has 29 heavy (non-hydrogen) atoms. The Morgan fingerprint density at radius 2 is 1.83 bits per heavy atom. The summed E-state index contributed by atoms with van der Waals surface area (Å²) in [5.74, 6) is 0.920. The van der Waals surface area contributed by atoms with Crippen molar-refractivity contribution >= 4 is 22.9 Å². The summed E-state index contributed by atoms with van der Waals surface area (Å²) < 4.78 is 0. The molecule has 0 aliphatic carbocycles. The molecule has 2 unspecified atom stereocenters. The van der Waals surface area contributed by atoms with Crippen molar-refractivity contribution in [2.24, 2.45) is 5.41 Å². The van der Waals surface area contributed by atoms with Crippen LogP contribution in [0.5, 0.6) is 0 Å². The summed E-state index contributed by atoms with van der Waals surface area (Å²) in [7, 11) is 0. The van der Waals surface area contributed by atoms with Crippen LogP contribution in [0, 0.1) is 5.41 Å². The van der Waals surface area contributed by atoms with Crippen molar-refractivity contribution < 1.29 is 0 Å². The molecule has 5 nitrogen and oxygen atoms in total. The Morgan fingerprint density at radius 1 is 1.00 bits per heavy atom. The molecule has 5 heteroatoms. The van der Waals surface area contributed by atoms with Gasteiger partial charge in [0.2, 0.25) is 0 Å². The van der Waals surface area contributed by atoms with Gasteiger partial charge < -0.3 is 9.80 Å². The van der Waals surface area contributed by atoms with Gasteiger partial charge in [-0.15, -0.1) is 6.58 Å². The van der Waals surface area contributed by atoms with Crippen molar-refractivity contribution in [1.29, 1.82) is 0 Å². The fourth-order valence-corrected chi connectivity index (χ4v) is 5.15. The van der Waals surface area contributed by atoms with E-state index in [0.717, 1.165) is 23.6 Å². The summed E-state index contributed by atoms with van der Waals surface area (Å²) >= 11 is 0. The fourth-order valence-electron chi connectivity index (χ4n) is 5.15. The molecule has 3 aromatic rings. The van der Waals surface area contributed by atoms with E-state index in [2.05, 4.69) is 77.4 Å². The Kier molecular flexibility index (Phi) is 3.78. The van der Waals surface area contributed by atoms with E-state index in [4.69, 9.17) is 4.98 Å². The van der Waals surface area contributed by atoms with E-state index in [1.165, 1.54) is 11.3 Å². The van der Waals surface area contributed by atoms with Gasteiger partial charge in [-0.05, 0) is 30.2 Å². The number of para-hydroxylation sites is 1. The molecular weight excluding hydrogens is 358 g/mol. The number of fused-ring (bicyclic) bond motifs is 5. The number of allylic oxidation sites excluding steroid dienone is 1. The first-order valence-electron chi connectivity index (χ1n) is 9.99. The molecule has 4 heterocycles. The number of aromatic nitrogens is 3. The van der Waals surface area contributed by atoms with Gasteiger partial charge >= 0.3 is 0 Å². The van der Waals surface area contributed by atoms with Crippen LogP contribution in [-0.2, 0) is 5.41 Å². The van der Waals surface area contributed by atoms with Crippen molar-refractivity contribution in [3.05, 3.63) is 79.5 Å². The summed E-state index contributed by atoms with van der Waals surface area (Å²) in [6.45, 7) is 11.2. The smallest absolute Gasteiger partial charge is 0.162 e. The minimum absolute atomic E-state index is 0.0400. The van der Waals surface area contributed by atoms with E-state index >= 15 is 0 Å². The molecule has 0 radical (unpaired) electrons. The molecule has 0 amide bonds. The largest absolute Gasteiger partial charge is 0.315 e. The number of benzene rings is 1. The number of nitrogens with zero attached hydrogens (tertiary/aromatic N) is 5. The van der Waals surface area contributed by atoms with Gasteiger partial charge in [0.25, 0.3) is 0 Å². The first-order chi connectivity index (χ1) is 14.0. The van der Waals surface area contributed by atoms with Gasteiger partial charge in [0, 0.05) is 22.7 Å². The van der Waals surface area contributed by atoms with Crippen LogP contribution in [0.1, 0.15) is 32.8 Å². The SMILES string of the molecule is C=CCC1(C)c2ccccc2N2c3cncnc3N(c3cccnc3)C2C1(C)C. The summed E-state index contributed by atoms with van der Waals surface area (Å²) in [6.07, 6.45) is 10.3. The molecule has 2 atom stereocenters. The Bertz CT molecular complexity index is 1080. The zero-order chi connectivity index (χ0) is 20.2. The summed E-state index contributed by atoms with van der Waals surface area (Å²) in [6, 6.07) is 12.8. The van der Waals surface area contributed by atoms with Gasteiger partial charge in [-0.2, -0.15) is 0 Å². The molecule has 0 spiro atoms. The molecule has 0 fully saturated rings. The summed E-state index contributed by atoms with van der Waals surface area (Å²) in [5, 5.41) is 0. The van der Waals surface area contributed by atoms with Gasteiger partial charge in [0.1, 0.15) is 18.2 Å². The first kappa shape index (κ1) is 17.9. The highest BCUT2D eigenvalue weighted by molar-refractivity contribution is 5.88. The summed E-state index contributed by atoms with van der Waals surface area (Å²) in [5.41, 5.74) is 4.39. The van der Waals surface area contributed by atoms with Gasteiger partial charge in [-0.3, -0.25) is 4.98 Å². The maximum Gasteiger partial charge on any atom is 0.162 e. The summed E-state index contributed by atoms with van der Waals surface area (Å²) in [4.78, 5) is 18.2. The third kappa shape index (κ3) is 2.24. The van der Waals surface area contributed by atoms with Crippen molar-refractivity contribution in [3.8, 4) is 0 Å². The van der Waals surface area contributed by atoms with E-state index < -0.39 is 0 Å². The van der Waals surface area contributed by atoms with Crippen LogP contribution in [0.15, 0.2) is 74.0 Å². The molecule has 0 saturated heterocycles. The van der Waals surface area contributed by atoms with Crippen LogP contribution < -0.4 is 9.80 Å². The minimum Gasteiger partial charge on any atom is -0.315 e. The molecule has 2 aromatic heterocycles. The highest BCUT2D eigenvalue weighted by Gasteiger charge is 2.59. The molecule has 5 rings (SSSR count). The van der Waals surface area contributed by atoms with E-state index in [1.54, 1.807) is 12.5 Å². The average Bonchev–Trinajstić information content (AvgIpc) is 3.10. The molecule has 1 aromatic carbocycles. The normalized spacial score (nSPS) is 23.9. The molecule has 0 saturated carbocycles. The third-order valence-electron chi connectivity index (χ3n) is 6.95. The van der Waals surface area contributed by atoms with Gasteiger partial charge in [-0.25, -0.2) is 9.97 Å². The Morgan fingerprint density at radius 3 is 2.59 bits per heavy atom. The number of hydrogen-bond acceptors (Lipinski definition) is 5. The molecule has 0 N–H and O–H groups in total. The maximum atomic E-state index is 4.70. The second-order valence-corrected chi connectivity index (χ2v) is 8.62. The zero-order valence-corrected chi connectivity index (χ0v) is 17.1. The molecule has 2 aliphatic heterocycles. The van der Waals surface area contributed by atoms with Crippen molar-refractivity contribution in [3.63, 3.8) is 0 Å². The van der Waals surface area contributed by atoms with Gasteiger partial charge in [-0.1, -0.05) is 45.0 Å². The lowest BCUT2D eigenvalue weighted by Gasteiger charge is -2.57. The Labute approximate surface area is 171 Å². The van der Waals surface area contributed by atoms with Crippen LogP contribution in [0.25, 0.3) is 0 Å². The number of pyridine rings is 1. The van der Waals surface area contributed by atoms with E-state index in [-0.39, 0.29) is 17.0 Å². The Balaban J connectivity index is 1.84. The molecular formula is C24H25N5. The highest BCUT2D eigenvalue weighted by Crippen LogP contribution is 2.62. The van der Waals surface area contributed by atoms with Crippen LogP contribution in [-0.4, -0.2) is 21.1 Å². The lowest BCUT2D eigenvalue weighted by atomic mass is 9.57. The van der Waals surface area contributed by atoms with Crippen LogP contribution in [0.4, 0.5) is 22.9 Å². The second-order valence-electron chi connectivity index (χ2n) is 8.62. The predicted octanol–water partition coefficient (Wildman–Crippen LogP) is 5.36. The van der Waals surface area contributed by atoms with Crippen LogP contribution >= 0.6 is 0 Å². The molecule has 146 valence electrons. The van der Waals surface area contributed by atoms with Crippen LogP contribution in [0.2, 0.25) is 0 Å². The number of hydrogen-bond donors (Lipinski definition) is 0. The first-order valence-corrected chi connectivity index (χ1v) is 9.99. The standard InChI is InChI=1S/C24H25N5/c1-5-12-24(4)18-10-6-7-11-19(18)29-20-15-26-16-27-21(20)28(22(29)23(24,2)3)17-9-8-13-25-14-17/h5-11,13-16,22H,1,12H2,2-4H3. The maximum absolute atomic E-state index is 4.70. The monoisotopic (exact) mass is 383 g/mol. The molecule has 2 aliphatic rings. The minimum atomic E-state index is -0.133. The van der Waals surface area contributed by atoms with E-state index in [9.17, 15) is 0 Å². The third-order valence-corrected chi connectivity index (χ3v) is 6.95. The lowest BCUT2D eigenvalue weighted by molar-refractivity contribution is 0.131. The quantitative estimate of drug-likeness (QED) is 0.570.